The number of halogens is 1. The van der Waals surface area contributed by atoms with Crippen LogP contribution in [0.2, 0.25) is 5.02 Å². The van der Waals surface area contributed by atoms with Crippen molar-refractivity contribution in [3.8, 4) is 0 Å². The highest BCUT2D eigenvalue weighted by Crippen LogP contribution is 2.30. The van der Waals surface area contributed by atoms with Crippen molar-refractivity contribution in [1.82, 2.24) is 14.9 Å². The molecule has 1 aliphatic heterocycles. The van der Waals surface area contributed by atoms with Crippen LogP contribution >= 0.6 is 11.6 Å². The summed E-state index contributed by atoms with van der Waals surface area (Å²) in [6.07, 6.45) is 5.12. The Labute approximate surface area is 159 Å². The number of anilines is 1. The summed E-state index contributed by atoms with van der Waals surface area (Å²) in [5, 5.41) is 3.50. The summed E-state index contributed by atoms with van der Waals surface area (Å²) >= 11 is 5.88. The van der Waals surface area contributed by atoms with Gasteiger partial charge in [-0.05, 0) is 64.4 Å². The van der Waals surface area contributed by atoms with E-state index in [2.05, 4.69) is 34.0 Å². The number of hydrogen-bond donors (Lipinski definition) is 1. The molecule has 1 atom stereocenters. The number of carbonyl (C=O) groups is 1. The van der Waals surface area contributed by atoms with Crippen LogP contribution in [0.5, 0.6) is 0 Å². The van der Waals surface area contributed by atoms with E-state index in [0.717, 1.165) is 18.8 Å². The Kier molecular flexibility index (Phi) is 5.89. The third-order valence-corrected chi connectivity index (χ3v) is 5.10. The fourth-order valence-corrected chi connectivity index (χ4v) is 3.58. The van der Waals surface area contributed by atoms with E-state index in [4.69, 9.17) is 11.6 Å². The zero-order valence-corrected chi connectivity index (χ0v) is 16.3. The van der Waals surface area contributed by atoms with E-state index in [1.54, 1.807) is 30.5 Å². The van der Waals surface area contributed by atoms with Crippen molar-refractivity contribution in [3.05, 3.63) is 52.6 Å². The molecule has 2 aromatic rings. The first kappa shape index (κ1) is 18.8. The molecule has 0 aliphatic carbocycles. The van der Waals surface area contributed by atoms with E-state index in [1.165, 1.54) is 12.8 Å². The largest absolute Gasteiger partial charge is 0.322 e. The lowest BCUT2D eigenvalue weighted by atomic mass is 9.99. The van der Waals surface area contributed by atoms with Gasteiger partial charge >= 0.3 is 0 Å². The Morgan fingerprint density at radius 2 is 2.00 bits per heavy atom. The van der Waals surface area contributed by atoms with Gasteiger partial charge in [-0.15, -0.1) is 0 Å². The molecule has 138 valence electrons. The third-order valence-electron chi connectivity index (χ3n) is 4.85. The number of aromatic nitrogens is 2. The molecule has 1 amide bonds. The number of nitrogens with zero attached hydrogens (tertiary/aromatic N) is 3. The van der Waals surface area contributed by atoms with E-state index >= 15 is 0 Å². The van der Waals surface area contributed by atoms with Crippen molar-refractivity contribution in [2.75, 3.05) is 11.9 Å². The van der Waals surface area contributed by atoms with Crippen LogP contribution in [0.25, 0.3) is 0 Å². The maximum atomic E-state index is 12.5. The molecule has 2 heterocycles. The number of piperidine rings is 1. The summed E-state index contributed by atoms with van der Waals surface area (Å²) in [4.78, 5) is 24.2. The normalized spacial score (nSPS) is 18.1. The zero-order chi connectivity index (χ0) is 18.7. The number of likely N-dealkylation sites (tertiary alicyclic amines) is 1. The van der Waals surface area contributed by atoms with Crippen molar-refractivity contribution in [3.63, 3.8) is 0 Å². The molecule has 1 fully saturated rings. The van der Waals surface area contributed by atoms with Crippen molar-refractivity contribution in [2.24, 2.45) is 0 Å². The molecule has 3 rings (SSSR count). The predicted octanol–water partition coefficient (Wildman–Crippen LogP) is 4.63. The van der Waals surface area contributed by atoms with Gasteiger partial charge in [-0.2, -0.15) is 0 Å². The molecule has 0 saturated carbocycles. The molecule has 1 aromatic carbocycles. The van der Waals surface area contributed by atoms with Crippen molar-refractivity contribution in [2.45, 2.75) is 52.1 Å². The highest BCUT2D eigenvalue weighted by atomic mass is 35.5. The van der Waals surface area contributed by atoms with Crippen LogP contribution in [0.3, 0.4) is 0 Å². The Morgan fingerprint density at radius 1 is 1.27 bits per heavy atom. The van der Waals surface area contributed by atoms with E-state index in [-0.39, 0.29) is 11.9 Å². The Hall–Kier alpha value is -1.98. The lowest BCUT2D eigenvalue weighted by Crippen LogP contribution is -2.39. The van der Waals surface area contributed by atoms with Gasteiger partial charge in [0.05, 0.1) is 17.3 Å². The molecule has 1 unspecified atom stereocenters. The molecule has 26 heavy (non-hydrogen) atoms. The van der Waals surface area contributed by atoms with Gasteiger partial charge in [-0.1, -0.05) is 18.0 Å². The molecule has 0 spiro atoms. The van der Waals surface area contributed by atoms with Gasteiger partial charge in [-0.3, -0.25) is 9.69 Å². The van der Waals surface area contributed by atoms with Gasteiger partial charge in [0, 0.05) is 22.9 Å². The van der Waals surface area contributed by atoms with Gasteiger partial charge in [0.15, 0.2) is 0 Å². The Balaban J connectivity index is 1.78. The van der Waals surface area contributed by atoms with Crippen molar-refractivity contribution >= 4 is 23.2 Å². The number of hydrogen-bond acceptors (Lipinski definition) is 4. The van der Waals surface area contributed by atoms with Crippen LogP contribution < -0.4 is 5.32 Å². The van der Waals surface area contributed by atoms with Crippen LogP contribution in [0, 0.1) is 6.92 Å². The third kappa shape index (κ3) is 4.22. The van der Waals surface area contributed by atoms with Gasteiger partial charge in [0.25, 0.3) is 5.91 Å². The minimum atomic E-state index is -0.208. The van der Waals surface area contributed by atoms with Crippen LogP contribution in [0.15, 0.2) is 30.5 Å². The summed E-state index contributed by atoms with van der Waals surface area (Å²) in [7, 11) is 0. The number of aryl methyl sites for hydroxylation is 1. The monoisotopic (exact) mass is 372 g/mol. The van der Waals surface area contributed by atoms with E-state index in [9.17, 15) is 4.79 Å². The van der Waals surface area contributed by atoms with Crippen molar-refractivity contribution in [1.29, 1.82) is 0 Å². The number of amides is 1. The highest BCUT2D eigenvalue weighted by molar-refractivity contribution is 6.30. The Morgan fingerprint density at radius 3 is 2.65 bits per heavy atom. The molecule has 1 N–H and O–H groups in total. The van der Waals surface area contributed by atoms with E-state index in [0.29, 0.717) is 28.0 Å². The maximum absolute atomic E-state index is 12.5. The second-order valence-corrected chi connectivity index (χ2v) is 7.47. The minimum absolute atomic E-state index is 0.208. The van der Waals surface area contributed by atoms with E-state index in [1.807, 2.05) is 6.92 Å². The van der Waals surface area contributed by atoms with E-state index < -0.39 is 0 Å². The number of carbonyl (C=O) groups excluding carboxylic acids is 1. The summed E-state index contributed by atoms with van der Waals surface area (Å²) in [5.41, 5.74) is 1.90. The first-order valence-electron chi connectivity index (χ1n) is 9.12. The molecule has 0 radical (unpaired) electrons. The molecule has 6 heteroatoms. The lowest BCUT2D eigenvalue weighted by Gasteiger charge is -2.37. The summed E-state index contributed by atoms with van der Waals surface area (Å²) in [5.74, 6) is 0.611. The van der Waals surface area contributed by atoms with Crippen LogP contribution in [0.1, 0.15) is 61.0 Å². The van der Waals surface area contributed by atoms with Gasteiger partial charge in [-0.25, -0.2) is 9.97 Å². The molecular weight excluding hydrogens is 348 g/mol. The average molecular weight is 373 g/mol. The summed E-state index contributed by atoms with van der Waals surface area (Å²) < 4.78 is 0. The number of rotatable bonds is 4. The smallest absolute Gasteiger partial charge is 0.259 e. The number of nitrogens with one attached hydrogen (secondary N) is 1. The Bertz CT molecular complexity index is 776. The molecule has 0 bridgehead atoms. The minimum Gasteiger partial charge on any atom is -0.322 e. The second-order valence-electron chi connectivity index (χ2n) is 7.03. The van der Waals surface area contributed by atoms with Gasteiger partial charge in [0.2, 0.25) is 0 Å². The number of benzene rings is 1. The van der Waals surface area contributed by atoms with Gasteiger partial charge < -0.3 is 5.32 Å². The molecule has 1 saturated heterocycles. The fourth-order valence-electron chi connectivity index (χ4n) is 3.45. The first-order valence-corrected chi connectivity index (χ1v) is 9.49. The first-order chi connectivity index (χ1) is 12.5. The second kappa shape index (κ2) is 8.14. The zero-order valence-electron chi connectivity index (χ0n) is 15.5. The standard InChI is InChI=1S/C20H25ClN4O/c1-13(2)25-11-5-4-6-18(25)19-22-12-17(14(3)23-19)20(26)24-16-9-7-15(21)8-10-16/h7-10,12-13,18H,4-6,11H2,1-3H3,(H,24,26). The predicted molar refractivity (Wildman–Crippen MR) is 105 cm³/mol. The fraction of sp³-hybridized carbons (Fsp3) is 0.450. The average Bonchev–Trinajstić information content (AvgIpc) is 2.63. The van der Waals surface area contributed by atoms with Gasteiger partial charge in [0.1, 0.15) is 5.82 Å². The molecule has 5 nitrogen and oxygen atoms in total. The molecular formula is C20H25ClN4O. The quantitative estimate of drug-likeness (QED) is 0.850. The summed E-state index contributed by atoms with van der Waals surface area (Å²) in [6, 6.07) is 7.72. The van der Waals surface area contributed by atoms with Crippen LogP contribution in [-0.4, -0.2) is 33.4 Å². The molecule has 1 aromatic heterocycles. The SMILES string of the molecule is Cc1nc(C2CCCCN2C(C)C)ncc1C(=O)Nc1ccc(Cl)cc1. The van der Waals surface area contributed by atoms with Crippen LogP contribution in [-0.2, 0) is 0 Å². The van der Waals surface area contributed by atoms with Crippen LogP contribution in [0.4, 0.5) is 5.69 Å². The van der Waals surface area contributed by atoms with Crippen molar-refractivity contribution < 1.29 is 4.79 Å². The highest BCUT2D eigenvalue weighted by Gasteiger charge is 2.28. The molecule has 1 aliphatic rings. The topological polar surface area (TPSA) is 58.1 Å². The maximum Gasteiger partial charge on any atom is 0.259 e. The summed E-state index contributed by atoms with van der Waals surface area (Å²) in [6.45, 7) is 7.35. The lowest BCUT2D eigenvalue weighted by molar-refractivity contribution is 0.101.